The van der Waals surface area contributed by atoms with Crippen molar-refractivity contribution in [1.82, 2.24) is 4.90 Å². The number of aryl methyl sites for hydroxylation is 1. The second kappa shape index (κ2) is 7.23. The van der Waals surface area contributed by atoms with Crippen LogP contribution in [0, 0.1) is 13.8 Å². The molecule has 0 N–H and O–H groups in total. The van der Waals surface area contributed by atoms with E-state index in [4.69, 9.17) is 9.47 Å². The van der Waals surface area contributed by atoms with Gasteiger partial charge in [0.1, 0.15) is 18.1 Å². The first kappa shape index (κ1) is 18.6. The summed E-state index contributed by atoms with van der Waals surface area (Å²) in [6.07, 6.45) is 0. The van der Waals surface area contributed by atoms with Gasteiger partial charge in [0.25, 0.3) is 11.8 Å². The van der Waals surface area contributed by atoms with Gasteiger partial charge in [-0.2, -0.15) is 0 Å². The van der Waals surface area contributed by atoms with Gasteiger partial charge in [-0.15, -0.1) is 0 Å². The molecule has 0 spiro atoms. The van der Waals surface area contributed by atoms with Crippen molar-refractivity contribution in [2.45, 2.75) is 33.7 Å². The number of amides is 2. The van der Waals surface area contributed by atoms with E-state index in [2.05, 4.69) is 0 Å². The molecule has 27 heavy (non-hydrogen) atoms. The topological polar surface area (TPSA) is 72.9 Å². The smallest absolute Gasteiger partial charge is 0.308 e. The van der Waals surface area contributed by atoms with Crippen LogP contribution in [0.15, 0.2) is 36.4 Å². The van der Waals surface area contributed by atoms with Crippen LogP contribution >= 0.6 is 0 Å². The summed E-state index contributed by atoms with van der Waals surface area (Å²) in [7, 11) is 0. The van der Waals surface area contributed by atoms with Crippen LogP contribution in [0.5, 0.6) is 11.5 Å². The Morgan fingerprint density at radius 2 is 1.63 bits per heavy atom. The number of hydrogen-bond acceptors (Lipinski definition) is 5. The molecule has 0 aromatic heterocycles. The van der Waals surface area contributed by atoms with Crippen LogP contribution in [0.1, 0.15) is 45.7 Å². The second-order valence-corrected chi connectivity index (χ2v) is 6.61. The third-order valence-electron chi connectivity index (χ3n) is 4.54. The van der Waals surface area contributed by atoms with Crippen molar-refractivity contribution in [3.63, 3.8) is 0 Å². The zero-order chi connectivity index (χ0) is 19.7. The molecule has 140 valence electrons. The highest BCUT2D eigenvalue weighted by Crippen LogP contribution is 2.32. The Labute approximate surface area is 157 Å². The minimum atomic E-state index is -0.450. The van der Waals surface area contributed by atoms with E-state index in [9.17, 15) is 14.4 Å². The van der Waals surface area contributed by atoms with Crippen LogP contribution in [0.3, 0.4) is 0 Å². The number of ether oxygens (including phenoxy) is 2. The van der Waals surface area contributed by atoms with Gasteiger partial charge in [-0.1, -0.05) is 18.2 Å². The SMILES string of the molecule is CC(=O)Oc1ccc(C)c(OC[C@@H](C)N2C(=O)c3ccccc3C2=O)c1C. The molecular formula is C21H21NO5. The molecule has 0 unspecified atom stereocenters. The first-order valence-corrected chi connectivity index (χ1v) is 8.69. The first-order valence-electron chi connectivity index (χ1n) is 8.69. The van der Waals surface area contributed by atoms with Crippen LogP contribution < -0.4 is 9.47 Å². The number of nitrogens with zero attached hydrogens (tertiary/aromatic N) is 1. The number of rotatable bonds is 5. The zero-order valence-electron chi connectivity index (χ0n) is 15.7. The van der Waals surface area contributed by atoms with Crippen LogP contribution in [0.2, 0.25) is 0 Å². The van der Waals surface area contributed by atoms with E-state index in [1.165, 1.54) is 11.8 Å². The fourth-order valence-electron chi connectivity index (χ4n) is 3.18. The molecule has 6 nitrogen and oxygen atoms in total. The fourth-order valence-corrected chi connectivity index (χ4v) is 3.18. The van der Waals surface area contributed by atoms with E-state index in [-0.39, 0.29) is 18.4 Å². The van der Waals surface area contributed by atoms with Gasteiger partial charge >= 0.3 is 5.97 Å². The molecule has 1 aliphatic rings. The minimum Gasteiger partial charge on any atom is -0.491 e. The van der Waals surface area contributed by atoms with Crippen molar-refractivity contribution < 1.29 is 23.9 Å². The lowest BCUT2D eigenvalue weighted by Gasteiger charge is -2.24. The average molecular weight is 367 g/mol. The predicted octanol–water partition coefficient (Wildman–Crippen LogP) is 3.29. The molecular weight excluding hydrogens is 346 g/mol. The van der Waals surface area contributed by atoms with E-state index in [1.54, 1.807) is 50.2 Å². The van der Waals surface area contributed by atoms with Crippen molar-refractivity contribution in [2.24, 2.45) is 0 Å². The molecule has 3 rings (SSSR count). The monoisotopic (exact) mass is 367 g/mol. The lowest BCUT2D eigenvalue weighted by molar-refractivity contribution is -0.131. The normalized spacial score (nSPS) is 14.1. The van der Waals surface area contributed by atoms with Crippen LogP contribution in [0.25, 0.3) is 0 Å². The number of carbonyl (C=O) groups excluding carboxylic acids is 3. The van der Waals surface area contributed by atoms with Gasteiger partial charge in [0.05, 0.1) is 17.2 Å². The summed E-state index contributed by atoms with van der Waals surface area (Å²) in [6.45, 7) is 6.92. The largest absolute Gasteiger partial charge is 0.491 e. The number of fused-ring (bicyclic) bond motifs is 1. The molecule has 1 atom stereocenters. The summed E-state index contributed by atoms with van der Waals surface area (Å²) in [6, 6.07) is 9.84. The molecule has 0 bridgehead atoms. The van der Waals surface area contributed by atoms with Crippen molar-refractivity contribution in [3.8, 4) is 11.5 Å². The molecule has 0 saturated heterocycles. The third kappa shape index (κ3) is 3.43. The second-order valence-electron chi connectivity index (χ2n) is 6.61. The lowest BCUT2D eigenvalue weighted by Crippen LogP contribution is -2.41. The van der Waals surface area contributed by atoms with Gasteiger partial charge in [0.15, 0.2) is 0 Å². The summed E-state index contributed by atoms with van der Waals surface area (Å²) < 4.78 is 11.1. The van der Waals surface area contributed by atoms with E-state index in [0.29, 0.717) is 28.2 Å². The van der Waals surface area contributed by atoms with Crippen LogP contribution in [-0.4, -0.2) is 35.3 Å². The molecule has 2 aromatic carbocycles. The Kier molecular flexibility index (Phi) is 4.99. The number of benzene rings is 2. The van der Waals surface area contributed by atoms with E-state index in [0.717, 1.165) is 5.56 Å². The Hall–Kier alpha value is -3.15. The molecule has 0 radical (unpaired) electrons. The van der Waals surface area contributed by atoms with E-state index < -0.39 is 12.0 Å². The summed E-state index contributed by atoms with van der Waals surface area (Å²) in [5.41, 5.74) is 2.40. The summed E-state index contributed by atoms with van der Waals surface area (Å²) in [5.74, 6) is -0.0244. The first-order chi connectivity index (χ1) is 12.8. The lowest BCUT2D eigenvalue weighted by atomic mass is 10.1. The highest BCUT2D eigenvalue weighted by atomic mass is 16.5. The third-order valence-corrected chi connectivity index (χ3v) is 4.54. The molecule has 1 aliphatic heterocycles. The van der Waals surface area contributed by atoms with Gasteiger partial charge in [-0.3, -0.25) is 19.3 Å². The van der Waals surface area contributed by atoms with Crippen molar-refractivity contribution >= 4 is 17.8 Å². The van der Waals surface area contributed by atoms with Crippen LogP contribution in [0.4, 0.5) is 0 Å². The molecule has 0 fully saturated rings. The molecule has 2 aromatic rings. The number of carbonyl (C=O) groups is 3. The summed E-state index contributed by atoms with van der Waals surface area (Å²) in [4.78, 5) is 37.6. The molecule has 1 heterocycles. The zero-order valence-corrected chi connectivity index (χ0v) is 15.7. The number of esters is 1. The van der Waals surface area contributed by atoms with E-state index in [1.807, 2.05) is 6.92 Å². The van der Waals surface area contributed by atoms with Gasteiger partial charge in [-0.25, -0.2) is 0 Å². The van der Waals surface area contributed by atoms with Gasteiger partial charge in [0.2, 0.25) is 0 Å². The maximum Gasteiger partial charge on any atom is 0.308 e. The van der Waals surface area contributed by atoms with Crippen LogP contribution in [-0.2, 0) is 4.79 Å². The maximum atomic E-state index is 12.6. The quantitative estimate of drug-likeness (QED) is 0.461. The summed E-state index contributed by atoms with van der Waals surface area (Å²) >= 11 is 0. The number of imide groups is 1. The van der Waals surface area contributed by atoms with Crippen molar-refractivity contribution in [3.05, 3.63) is 58.7 Å². The Morgan fingerprint density at radius 1 is 1.04 bits per heavy atom. The Balaban J connectivity index is 1.77. The standard InChI is InChI=1S/C21H21NO5/c1-12-9-10-18(27-15(4)23)14(3)19(12)26-11-13(2)22-20(24)16-7-5-6-8-17(16)21(22)25/h5-10,13H,11H2,1-4H3/t13-/m1/s1. The number of hydrogen-bond donors (Lipinski definition) is 0. The highest BCUT2D eigenvalue weighted by Gasteiger charge is 2.38. The van der Waals surface area contributed by atoms with Gasteiger partial charge in [-0.05, 0) is 44.5 Å². The maximum absolute atomic E-state index is 12.6. The summed E-state index contributed by atoms with van der Waals surface area (Å²) in [5, 5.41) is 0. The minimum absolute atomic E-state index is 0.136. The molecule has 6 heteroatoms. The molecule has 0 saturated carbocycles. The molecule has 0 aliphatic carbocycles. The van der Waals surface area contributed by atoms with Crippen molar-refractivity contribution in [1.29, 1.82) is 0 Å². The Morgan fingerprint density at radius 3 is 2.19 bits per heavy atom. The average Bonchev–Trinajstić information content (AvgIpc) is 2.88. The van der Waals surface area contributed by atoms with E-state index >= 15 is 0 Å². The van der Waals surface area contributed by atoms with Gasteiger partial charge in [0, 0.05) is 12.5 Å². The van der Waals surface area contributed by atoms with Gasteiger partial charge < -0.3 is 9.47 Å². The predicted molar refractivity (Wildman–Crippen MR) is 99.1 cm³/mol. The highest BCUT2D eigenvalue weighted by molar-refractivity contribution is 6.21. The molecule has 2 amide bonds. The van der Waals surface area contributed by atoms with Crippen molar-refractivity contribution in [2.75, 3.05) is 6.61 Å². The Bertz CT molecular complexity index is 899. The fraction of sp³-hybridized carbons (Fsp3) is 0.286.